The van der Waals surface area contributed by atoms with Gasteiger partial charge in [0.2, 0.25) is 5.91 Å². The fourth-order valence-electron chi connectivity index (χ4n) is 2.33. The molecular formula is C11H16N4O3. The minimum Gasteiger partial charge on any atom is -0.481 e. The number of aryl methyl sites for hydroxylation is 1. The van der Waals surface area contributed by atoms with Gasteiger partial charge < -0.3 is 15.0 Å². The molecule has 1 aliphatic carbocycles. The molecule has 7 nitrogen and oxygen atoms in total. The molecule has 1 heterocycles. The number of aromatic nitrogens is 3. The fourth-order valence-corrected chi connectivity index (χ4v) is 2.33. The third kappa shape index (κ3) is 1.96. The summed E-state index contributed by atoms with van der Waals surface area (Å²) in [5, 5.41) is 19.2. The highest BCUT2D eigenvalue weighted by Crippen LogP contribution is 2.58. The van der Waals surface area contributed by atoms with Gasteiger partial charge in [0.1, 0.15) is 6.33 Å². The maximum absolute atomic E-state index is 11.9. The minimum atomic E-state index is -0.918. The van der Waals surface area contributed by atoms with E-state index in [4.69, 9.17) is 5.11 Å². The summed E-state index contributed by atoms with van der Waals surface area (Å²) in [7, 11) is 1.78. The van der Waals surface area contributed by atoms with E-state index in [-0.39, 0.29) is 12.5 Å². The lowest BCUT2D eigenvalue weighted by atomic mass is 10.1. The summed E-state index contributed by atoms with van der Waals surface area (Å²) in [6.45, 7) is 3.84. The average Bonchev–Trinajstić information content (AvgIpc) is 2.62. The van der Waals surface area contributed by atoms with Gasteiger partial charge in [0.25, 0.3) is 0 Å². The van der Waals surface area contributed by atoms with Crippen molar-refractivity contribution in [3.63, 3.8) is 0 Å². The first-order valence-electron chi connectivity index (χ1n) is 5.69. The van der Waals surface area contributed by atoms with Crippen molar-refractivity contribution in [1.29, 1.82) is 0 Å². The van der Waals surface area contributed by atoms with Crippen molar-refractivity contribution < 1.29 is 14.7 Å². The molecule has 7 heteroatoms. The molecule has 1 saturated carbocycles. The third-order valence-corrected chi connectivity index (χ3v) is 3.60. The predicted molar refractivity (Wildman–Crippen MR) is 61.2 cm³/mol. The van der Waals surface area contributed by atoms with Crippen molar-refractivity contribution >= 4 is 11.9 Å². The van der Waals surface area contributed by atoms with E-state index < -0.39 is 23.2 Å². The minimum absolute atomic E-state index is 0.240. The zero-order chi connectivity index (χ0) is 13.5. The second-order valence-corrected chi connectivity index (χ2v) is 5.19. The van der Waals surface area contributed by atoms with Crippen LogP contribution in [0.3, 0.4) is 0 Å². The fraction of sp³-hybridized carbons (Fsp3) is 0.636. The molecule has 1 aliphatic rings. The average molecular weight is 252 g/mol. The molecule has 1 fully saturated rings. The number of aliphatic carboxylic acids is 1. The van der Waals surface area contributed by atoms with Crippen LogP contribution in [0.25, 0.3) is 0 Å². The van der Waals surface area contributed by atoms with Crippen LogP contribution < -0.4 is 5.32 Å². The Hall–Kier alpha value is -1.92. The Bertz CT molecular complexity index is 494. The van der Waals surface area contributed by atoms with E-state index in [1.54, 1.807) is 31.8 Å². The summed E-state index contributed by atoms with van der Waals surface area (Å²) < 4.78 is 1.70. The van der Waals surface area contributed by atoms with Gasteiger partial charge in [-0.25, -0.2) is 0 Å². The molecule has 18 heavy (non-hydrogen) atoms. The topological polar surface area (TPSA) is 97.1 Å². The molecule has 2 N–H and O–H groups in total. The van der Waals surface area contributed by atoms with Crippen molar-refractivity contribution in [1.82, 2.24) is 20.1 Å². The van der Waals surface area contributed by atoms with Crippen molar-refractivity contribution in [3.8, 4) is 0 Å². The monoisotopic (exact) mass is 252 g/mol. The van der Waals surface area contributed by atoms with Crippen LogP contribution in [0.2, 0.25) is 0 Å². The van der Waals surface area contributed by atoms with Gasteiger partial charge in [-0.15, -0.1) is 10.2 Å². The third-order valence-electron chi connectivity index (χ3n) is 3.60. The molecule has 0 aromatic carbocycles. The molecule has 2 atom stereocenters. The van der Waals surface area contributed by atoms with Crippen LogP contribution in [0.15, 0.2) is 6.33 Å². The van der Waals surface area contributed by atoms with Crippen LogP contribution in [0.4, 0.5) is 0 Å². The number of carbonyl (C=O) groups excluding carboxylic acids is 1. The Kier molecular flexibility index (Phi) is 2.84. The van der Waals surface area contributed by atoms with E-state index in [0.717, 1.165) is 0 Å². The molecule has 2 rings (SSSR count). The van der Waals surface area contributed by atoms with Gasteiger partial charge in [-0.1, -0.05) is 13.8 Å². The number of nitrogens with one attached hydrogen (secondary N) is 1. The lowest BCUT2D eigenvalue weighted by Gasteiger charge is -2.05. The zero-order valence-electron chi connectivity index (χ0n) is 10.5. The van der Waals surface area contributed by atoms with Gasteiger partial charge in [0, 0.05) is 7.05 Å². The summed E-state index contributed by atoms with van der Waals surface area (Å²) >= 11 is 0. The van der Waals surface area contributed by atoms with Crippen molar-refractivity contribution in [2.45, 2.75) is 20.4 Å². The van der Waals surface area contributed by atoms with Crippen LogP contribution in [-0.4, -0.2) is 31.7 Å². The number of carbonyl (C=O) groups is 2. The molecule has 1 amide bonds. The maximum atomic E-state index is 11.9. The van der Waals surface area contributed by atoms with E-state index >= 15 is 0 Å². The molecule has 0 bridgehead atoms. The molecule has 2 unspecified atom stereocenters. The summed E-state index contributed by atoms with van der Waals surface area (Å²) in [5.74, 6) is -1.59. The lowest BCUT2D eigenvalue weighted by molar-refractivity contribution is -0.140. The summed E-state index contributed by atoms with van der Waals surface area (Å²) in [6, 6.07) is 0. The Morgan fingerprint density at radius 2 is 2.17 bits per heavy atom. The number of carboxylic acids is 1. The quantitative estimate of drug-likeness (QED) is 0.772. The largest absolute Gasteiger partial charge is 0.481 e. The molecule has 0 spiro atoms. The first kappa shape index (κ1) is 12.5. The molecule has 1 aromatic rings. The normalized spacial score (nSPS) is 24.6. The molecule has 98 valence electrons. The summed E-state index contributed by atoms with van der Waals surface area (Å²) in [5.41, 5.74) is -0.476. The van der Waals surface area contributed by atoms with Gasteiger partial charge in [-0.05, 0) is 5.41 Å². The summed E-state index contributed by atoms with van der Waals surface area (Å²) in [4.78, 5) is 22.9. The summed E-state index contributed by atoms with van der Waals surface area (Å²) in [6.07, 6.45) is 1.54. The SMILES string of the molecule is Cn1cnnc1CNC(=O)C1C(C(=O)O)C1(C)C. The lowest BCUT2D eigenvalue weighted by Crippen LogP contribution is -2.28. The second kappa shape index (κ2) is 4.08. The van der Waals surface area contributed by atoms with Crippen molar-refractivity contribution in [2.75, 3.05) is 0 Å². The van der Waals surface area contributed by atoms with Crippen LogP contribution in [0.5, 0.6) is 0 Å². The number of amides is 1. The van der Waals surface area contributed by atoms with Crippen LogP contribution in [-0.2, 0) is 23.2 Å². The molecule has 0 aliphatic heterocycles. The molecule has 1 aromatic heterocycles. The predicted octanol–water partition coefficient (Wildman–Crippen LogP) is -0.212. The number of carboxylic acid groups (broad SMARTS) is 1. The van der Waals surface area contributed by atoms with Gasteiger partial charge in [0.15, 0.2) is 5.82 Å². The second-order valence-electron chi connectivity index (χ2n) is 5.19. The first-order valence-corrected chi connectivity index (χ1v) is 5.69. The zero-order valence-corrected chi connectivity index (χ0v) is 10.5. The first-order chi connectivity index (χ1) is 8.35. The maximum Gasteiger partial charge on any atom is 0.307 e. The number of nitrogens with zero attached hydrogens (tertiary/aromatic N) is 3. The highest BCUT2D eigenvalue weighted by atomic mass is 16.4. The smallest absolute Gasteiger partial charge is 0.307 e. The number of hydrogen-bond donors (Lipinski definition) is 2. The van der Waals surface area contributed by atoms with E-state index in [1.807, 2.05) is 0 Å². The van der Waals surface area contributed by atoms with Gasteiger partial charge >= 0.3 is 5.97 Å². The van der Waals surface area contributed by atoms with Crippen LogP contribution >= 0.6 is 0 Å². The molecular weight excluding hydrogens is 236 g/mol. The van der Waals surface area contributed by atoms with E-state index in [0.29, 0.717) is 5.82 Å². The van der Waals surface area contributed by atoms with Gasteiger partial charge in [-0.2, -0.15) is 0 Å². The van der Waals surface area contributed by atoms with Crippen molar-refractivity contribution in [2.24, 2.45) is 24.3 Å². The molecule has 0 saturated heterocycles. The highest BCUT2D eigenvalue weighted by molar-refractivity contribution is 5.91. The Morgan fingerprint density at radius 1 is 1.50 bits per heavy atom. The van der Waals surface area contributed by atoms with E-state index in [9.17, 15) is 9.59 Å². The van der Waals surface area contributed by atoms with E-state index in [2.05, 4.69) is 15.5 Å². The van der Waals surface area contributed by atoms with E-state index in [1.165, 1.54) is 0 Å². The van der Waals surface area contributed by atoms with Crippen molar-refractivity contribution in [3.05, 3.63) is 12.2 Å². The Labute approximate surface area is 104 Å². The standard InChI is InChI=1S/C11H16N4O3/c1-11(2)7(8(11)10(17)18)9(16)12-4-6-14-13-5-15(6)3/h5,7-8H,4H2,1-3H3,(H,12,16)(H,17,18). The number of rotatable bonds is 4. The highest BCUT2D eigenvalue weighted by Gasteiger charge is 2.65. The van der Waals surface area contributed by atoms with Gasteiger partial charge in [-0.3, -0.25) is 9.59 Å². The number of hydrogen-bond acceptors (Lipinski definition) is 4. The van der Waals surface area contributed by atoms with Gasteiger partial charge in [0.05, 0.1) is 18.4 Å². The Morgan fingerprint density at radius 3 is 2.61 bits per heavy atom. The van der Waals surface area contributed by atoms with Crippen LogP contribution in [0, 0.1) is 17.3 Å². The molecule has 0 radical (unpaired) electrons. The Balaban J connectivity index is 1.94. The van der Waals surface area contributed by atoms with Crippen LogP contribution in [0.1, 0.15) is 19.7 Å².